The van der Waals surface area contributed by atoms with Crippen molar-refractivity contribution in [2.24, 2.45) is 17.3 Å². The third-order valence-electron chi connectivity index (χ3n) is 8.47. The van der Waals surface area contributed by atoms with Gasteiger partial charge in [0.1, 0.15) is 17.3 Å². The Kier molecular flexibility index (Phi) is 9.23. The van der Waals surface area contributed by atoms with Gasteiger partial charge in [-0.3, -0.25) is 9.59 Å². The van der Waals surface area contributed by atoms with Gasteiger partial charge < -0.3 is 9.47 Å². The Morgan fingerprint density at radius 2 is 1.39 bits per heavy atom. The fourth-order valence-electron chi connectivity index (χ4n) is 6.28. The third-order valence-corrected chi connectivity index (χ3v) is 8.47. The maximum absolute atomic E-state index is 13.8. The Labute approximate surface area is 216 Å². The van der Waals surface area contributed by atoms with Crippen LogP contribution in [0.2, 0.25) is 0 Å². The summed E-state index contributed by atoms with van der Waals surface area (Å²) in [6, 6.07) is 15.9. The second kappa shape index (κ2) is 12.6. The minimum absolute atomic E-state index is 0.0809. The number of rotatable bonds is 10. The molecule has 194 valence electrons. The van der Waals surface area contributed by atoms with E-state index in [9.17, 15) is 9.59 Å². The Balaban J connectivity index is 1.45. The highest BCUT2D eigenvalue weighted by molar-refractivity contribution is 5.83. The summed E-state index contributed by atoms with van der Waals surface area (Å²) in [5, 5.41) is 0. The first kappa shape index (κ1) is 26.4. The summed E-state index contributed by atoms with van der Waals surface area (Å²) in [5.41, 5.74) is 1.72. The summed E-state index contributed by atoms with van der Waals surface area (Å²) in [5.74, 6) is 2.27. The second-order valence-electron chi connectivity index (χ2n) is 10.7. The quantitative estimate of drug-likeness (QED) is 0.249. The van der Waals surface area contributed by atoms with Crippen LogP contribution in [-0.2, 0) is 9.59 Å². The van der Waals surface area contributed by atoms with Gasteiger partial charge in [0.25, 0.3) is 0 Å². The molecule has 0 bridgehead atoms. The summed E-state index contributed by atoms with van der Waals surface area (Å²) < 4.78 is 11.6. The fourth-order valence-corrected chi connectivity index (χ4v) is 6.28. The van der Waals surface area contributed by atoms with Crippen LogP contribution in [-0.4, -0.2) is 18.4 Å². The molecule has 4 rings (SSSR count). The van der Waals surface area contributed by atoms with Gasteiger partial charge >= 0.3 is 5.97 Å². The van der Waals surface area contributed by atoms with E-state index in [2.05, 4.69) is 6.92 Å². The van der Waals surface area contributed by atoms with E-state index >= 15 is 0 Å². The number of carbonyl (C=O) groups excluding carboxylic acids is 2. The zero-order chi connectivity index (χ0) is 25.4. The molecule has 4 nitrogen and oxygen atoms in total. The molecule has 0 aromatic heterocycles. The fraction of sp³-hybridized carbons (Fsp3) is 0.562. The number of Topliss-reactive ketones (excluding diaryl/α,β-unsaturated/α-hetero) is 1. The summed E-state index contributed by atoms with van der Waals surface area (Å²) in [4.78, 5) is 26.5. The van der Waals surface area contributed by atoms with Crippen LogP contribution in [0.25, 0.3) is 11.1 Å². The van der Waals surface area contributed by atoms with Crippen LogP contribution in [0.15, 0.2) is 48.5 Å². The lowest BCUT2D eigenvalue weighted by atomic mass is 9.59. The van der Waals surface area contributed by atoms with Crippen molar-refractivity contribution < 1.29 is 19.1 Å². The average Bonchev–Trinajstić information content (AvgIpc) is 2.93. The van der Waals surface area contributed by atoms with Crippen LogP contribution in [0.5, 0.6) is 11.5 Å². The summed E-state index contributed by atoms with van der Waals surface area (Å²) in [6.07, 6.45) is 11.7. The van der Waals surface area contributed by atoms with Crippen molar-refractivity contribution in [3.05, 3.63) is 48.5 Å². The van der Waals surface area contributed by atoms with Crippen LogP contribution < -0.4 is 9.47 Å². The van der Waals surface area contributed by atoms with Crippen molar-refractivity contribution in [3.63, 3.8) is 0 Å². The molecular weight excluding hydrogens is 448 g/mol. The summed E-state index contributed by atoms with van der Waals surface area (Å²) in [6.45, 7) is 4.76. The van der Waals surface area contributed by atoms with Crippen molar-refractivity contribution in [2.75, 3.05) is 6.61 Å². The van der Waals surface area contributed by atoms with Crippen molar-refractivity contribution in [1.82, 2.24) is 0 Å². The van der Waals surface area contributed by atoms with E-state index in [1.54, 1.807) is 0 Å². The first-order valence-corrected chi connectivity index (χ1v) is 14.1. The summed E-state index contributed by atoms with van der Waals surface area (Å²) in [7, 11) is 0. The third kappa shape index (κ3) is 6.19. The van der Waals surface area contributed by atoms with Gasteiger partial charge in [0.15, 0.2) is 0 Å². The van der Waals surface area contributed by atoms with Gasteiger partial charge in [-0.25, -0.2) is 0 Å². The standard InChI is InChI=1S/C32H42O4/c1-3-5-11-30(33)26-20-22-32(23-21-26,27-9-7-6-8-10-27)31(34)36-29-18-14-25(15-19-29)24-12-16-28(17-13-24)35-4-2/h12-19,26-27H,3-11,20-23H2,1-2H3/t26-,32+. The van der Waals surface area contributed by atoms with Gasteiger partial charge in [0, 0.05) is 12.3 Å². The average molecular weight is 491 g/mol. The number of ketones is 1. The number of carbonyl (C=O) groups is 2. The zero-order valence-electron chi connectivity index (χ0n) is 22.1. The van der Waals surface area contributed by atoms with Gasteiger partial charge in [0.05, 0.1) is 12.0 Å². The first-order chi connectivity index (χ1) is 17.6. The number of esters is 1. The van der Waals surface area contributed by atoms with Crippen LogP contribution in [0.1, 0.15) is 90.9 Å². The van der Waals surface area contributed by atoms with E-state index < -0.39 is 5.41 Å². The highest BCUT2D eigenvalue weighted by atomic mass is 16.5. The van der Waals surface area contributed by atoms with Crippen LogP contribution in [0.4, 0.5) is 0 Å². The van der Waals surface area contributed by atoms with E-state index in [1.165, 1.54) is 19.3 Å². The normalized spacial score (nSPS) is 22.7. The highest BCUT2D eigenvalue weighted by Crippen LogP contribution is 2.50. The maximum atomic E-state index is 13.8. The molecule has 0 spiro atoms. The Hall–Kier alpha value is -2.62. The molecule has 2 aromatic rings. The lowest BCUT2D eigenvalue weighted by molar-refractivity contribution is -0.155. The molecule has 0 N–H and O–H groups in total. The largest absolute Gasteiger partial charge is 0.494 e. The number of ether oxygens (including phenoxy) is 2. The van der Waals surface area contributed by atoms with Crippen LogP contribution in [0, 0.1) is 17.3 Å². The predicted molar refractivity (Wildman–Crippen MR) is 144 cm³/mol. The van der Waals surface area contributed by atoms with Gasteiger partial charge in [-0.2, -0.15) is 0 Å². The van der Waals surface area contributed by atoms with Crippen LogP contribution >= 0.6 is 0 Å². The topological polar surface area (TPSA) is 52.6 Å². The van der Waals surface area contributed by atoms with Crippen LogP contribution in [0.3, 0.4) is 0 Å². The number of benzene rings is 2. The van der Waals surface area contributed by atoms with E-state index in [1.807, 2.05) is 55.5 Å². The molecule has 0 heterocycles. The molecule has 2 aliphatic carbocycles. The maximum Gasteiger partial charge on any atom is 0.317 e. The minimum atomic E-state index is -0.449. The number of hydrogen-bond acceptors (Lipinski definition) is 4. The molecule has 0 saturated heterocycles. The molecule has 2 fully saturated rings. The lowest BCUT2D eigenvalue weighted by Gasteiger charge is -2.44. The van der Waals surface area contributed by atoms with E-state index in [0.717, 1.165) is 68.2 Å². The molecule has 0 aliphatic heterocycles. The zero-order valence-corrected chi connectivity index (χ0v) is 22.1. The molecule has 2 aromatic carbocycles. The van der Waals surface area contributed by atoms with Gasteiger partial charge in [-0.1, -0.05) is 56.9 Å². The SMILES string of the molecule is CCCCC(=O)[C@H]1CC[C@](C(=O)Oc2ccc(-c3ccc(OCC)cc3)cc2)(C2CCCCC2)CC1. The molecule has 2 aliphatic rings. The molecular formula is C32H42O4. The van der Waals surface area contributed by atoms with E-state index in [4.69, 9.17) is 9.47 Å². The Morgan fingerprint density at radius 1 is 0.806 bits per heavy atom. The minimum Gasteiger partial charge on any atom is -0.494 e. The molecule has 4 heteroatoms. The van der Waals surface area contributed by atoms with Gasteiger partial charge in [0.2, 0.25) is 0 Å². The Morgan fingerprint density at radius 3 is 1.94 bits per heavy atom. The number of unbranched alkanes of at least 4 members (excludes halogenated alkanes) is 1. The molecule has 0 radical (unpaired) electrons. The summed E-state index contributed by atoms with van der Waals surface area (Å²) >= 11 is 0. The molecule has 0 atom stereocenters. The van der Waals surface area contributed by atoms with Gasteiger partial charge in [-0.15, -0.1) is 0 Å². The van der Waals surface area contributed by atoms with Crippen molar-refractivity contribution >= 4 is 11.8 Å². The predicted octanol–water partition coefficient (Wildman–Crippen LogP) is 8.17. The molecule has 2 saturated carbocycles. The highest BCUT2D eigenvalue weighted by Gasteiger charge is 2.49. The van der Waals surface area contributed by atoms with Crippen molar-refractivity contribution in [3.8, 4) is 22.6 Å². The molecule has 36 heavy (non-hydrogen) atoms. The lowest BCUT2D eigenvalue weighted by Crippen LogP contribution is -2.46. The first-order valence-electron chi connectivity index (χ1n) is 14.1. The van der Waals surface area contributed by atoms with Gasteiger partial charge in [-0.05, 0) is 93.2 Å². The smallest absolute Gasteiger partial charge is 0.317 e. The van der Waals surface area contributed by atoms with Crippen molar-refractivity contribution in [1.29, 1.82) is 0 Å². The monoisotopic (exact) mass is 490 g/mol. The van der Waals surface area contributed by atoms with E-state index in [0.29, 0.717) is 30.5 Å². The molecule has 0 amide bonds. The second-order valence-corrected chi connectivity index (χ2v) is 10.7. The van der Waals surface area contributed by atoms with Crippen molar-refractivity contribution in [2.45, 2.75) is 90.9 Å². The van der Waals surface area contributed by atoms with E-state index in [-0.39, 0.29) is 11.9 Å². The number of hydrogen-bond donors (Lipinski definition) is 0. The molecule has 0 unspecified atom stereocenters. The Bertz CT molecular complexity index is 978.